The first-order chi connectivity index (χ1) is 10.3. The van der Waals surface area contributed by atoms with Crippen LogP contribution >= 0.6 is 0 Å². The number of hydrogen-bond donors (Lipinski definition) is 1. The maximum absolute atomic E-state index is 11.5. The second kappa shape index (κ2) is 5.83. The molecule has 0 aliphatic carbocycles. The van der Waals surface area contributed by atoms with E-state index in [0.717, 1.165) is 23.4 Å². The average Bonchev–Trinajstić information content (AvgIpc) is 2.55. The number of methoxy groups -OCH3 is 1. The maximum atomic E-state index is 11.5. The van der Waals surface area contributed by atoms with Crippen molar-refractivity contribution in [2.24, 2.45) is 0 Å². The van der Waals surface area contributed by atoms with Crippen LogP contribution in [0.5, 0.6) is 5.75 Å². The number of esters is 1. The Labute approximate surface area is 122 Å². The summed E-state index contributed by atoms with van der Waals surface area (Å²) in [6, 6.07) is 11.7. The summed E-state index contributed by atoms with van der Waals surface area (Å²) in [5.41, 5.74) is 2.26. The summed E-state index contributed by atoms with van der Waals surface area (Å²) in [6.45, 7) is 0.670. The number of benzene rings is 1. The van der Waals surface area contributed by atoms with E-state index in [2.05, 4.69) is 21.1 Å². The fraction of sp³-hybridized carbons (Fsp3) is 0.250. The molecule has 108 valence electrons. The molecule has 0 bridgehead atoms. The van der Waals surface area contributed by atoms with Gasteiger partial charge < -0.3 is 14.8 Å². The van der Waals surface area contributed by atoms with E-state index in [1.54, 1.807) is 12.3 Å². The van der Waals surface area contributed by atoms with Crippen molar-refractivity contribution in [2.75, 3.05) is 19.0 Å². The summed E-state index contributed by atoms with van der Waals surface area (Å²) in [7, 11) is 1.35. The van der Waals surface area contributed by atoms with E-state index in [1.165, 1.54) is 7.11 Å². The molecule has 3 rings (SSSR count). The standard InChI is InChI=1S/C16H16N2O3/c1-20-16(19)14-10-11(6-8-17-14)18-13-7-9-21-15-5-3-2-4-12(13)15/h2-6,8,10,13H,7,9H2,1H3,(H,17,18). The second-order valence-corrected chi connectivity index (χ2v) is 4.79. The molecule has 5 heteroatoms. The quantitative estimate of drug-likeness (QED) is 0.878. The zero-order valence-corrected chi connectivity index (χ0v) is 11.7. The molecule has 0 saturated heterocycles. The first-order valence-electron chi connectivity index (χ1n) is 6.80. The van der Waals surface area contributed by atoms with Gasteiger partial charge in [-0.15, -0.1) is 0 Å². The van der Waals surface area contributed by atoms with Crippen LogP contribution in [0.3, 0.4) is 0 Å². The van der Waals surface area contributed by atoms with Crippen molar-refractivity contribution in [1.82, 2.24) is 4.98 Å². The van der Waals surface area contributed by atoms with Crippen LogP contribution in [0, 0.1) is 0 Å². The van der Waals surface area contributed by atoms with Crippen molar-refractivity contribution in [3.63, 3.8) is 0 Å². The minimum Gasteiger partial charge on any atom is -0.493 e. The molecular weight excluding hydrogens is 268 g/mol. The Morgan fingerprint density at radius 3 is 3.10 bits per heavy atom. The lowest BCUT2D eigenvalue weighted by atomic mass is 10.0. The third-order valence-electron chi connectivity index (χ3n) is 3.45. The van der Waals surface area contributed by atoms with E-state index in [1.807, 2.05) is 24.3 Å². The number of pyridine rings is 1. The molecular formula is C16H16N2O3. The molecule has 1 aromatic heterocycles. The number of nitrogens with one attached hydrogen (secondary N) is 1. The van der Waals surface area contributed by atoms with Gasteiger partial charge in [0.25, 0.3) is 0 Å². The minimum atomic E-state index is -0.439. The Balaban J connectivity index is 1.83. The van der Waals surface area contributed by atoms with Gasteiger partial charge in [0.15, 0.2) is 0 Å². The Hall–Kier alpha value is -2.56. The van der Waals surface area contributed by atoms with Crippen molar-refractivity contribution >= 4 is 11.7 Å². The summed E-state index contributed by atoms with van der Waals surface area (Å²) in [5.74, 6) is 0.467. The van der Waals surface area contributed by atoms with Crippen LogP contribution in [0.2, 0.25) is 0 Å². The highest BCUT2D eigenvalue weighted by Gasteiger charge is 2.21. The molecule has 0 radical (unpaired) electrons. The van der Waals surface area contributed by atoms with Crippen LogP contribution in [-0.2, 0) is 4.74 Å². The molecule has 2 heterocycles. The zero-order chi connectivity index (χ0) is 14.7. The van der Waals surface area contributed by atoms with E-state index in [0.29, 0.717) is 12.3 Å². The Kier molecular flexibility index (Phi) is 3.73. The van der Waals surface area contributed by atoms with Crippen molar-refractivity contribution < 1.29 is 14.3 Å². The number of para-hydroxylation sites is 1. The molecule has 2 aromatic rings. The van der Waals surface area contributed by atoms with Crippen LogP contribution in [0.4, 0.5) is 5.69 Å². The van der Waals surface area contributed by atoms with Crippen LogP contribution in [0.1, 0.15) is 28.5 Å². The van der Waals surface area contributed by atoms with E-state index < -0.39 is 5.97 Å². The van der Waals surface area contributed by atoms with Gasteiger partial charge in [-0.2, -0.15) is 0 Å². The first kappa shape index (κ1) is 13.4. The van der Waals surface area contributed by atoms with Gasteiger partial charge in [-0.05, 0) is 18.2 Å². The van der Waals surface area contributed by atoms with Crippen molar-refractivity contribution in [2.45, 2.75) is 12.5 Å². The summed E-state index contributed by atoms with van der Waals surface area (Å²) >= 11 is 0. The van der Waals surface area contributed by atoms with Crippen LogP contribution in [0.25, 0.3) is 0 Å². The number of ether oxygens (including phenoxy) is 2. The highest BCUT2D eigenvalue weighted by atomic mass is 16.5. The number of fused-ring (bicyclic) bond motifs is 1. The fourth-order valence-electron chi connectivity index (χ4n) is 2.43. The van der Waals surface area contributed by atoms with Crippen LogP contribution in [0.15, 0.2) is 42.6 Å². The Bertz CT molecular complexity index is 657. The zero-order valence-electron chi connectivity index (χ0n) is 11.7. The van der Waals surface area contributed by atoms with Gasteiger partial charge >= 0.3 is 5.97 Å². The number of anilines is 1. The third-order valence-corrected chi connectivity index (χ3v) is 3.45. The number of rotatable bonds is 3. The van der Waals surface area contributed by atoms with Gasteiger partial charge in [0.2, 0.25) is 0 Å². The number of aromatic nitrogens is 1. The van der Waals surface area contributed by atoms with Gasteiger partial charge in [-0.1, -0.05) is 18.2 Å². The molecule has 1 unspecified atom stereocenters. The van der Waals surface area contributed by atoms with Crippen molar-refractivity contribution in [3.8, 4) is 5.75 Å². The number of hydrogen-bond acceptors (Lipinski definition) is 5. The number of nitrogens with zero attached hydrogens (tertiary/aromatic N) is 1. The third kappa shape index (κ3) is 2.81. The second-order valence-electron chi connectivity index (χ2n) is 4.79. The minimum absolute atomic E-state index is 0.155. The SMILES string of the molecule is COC(=O)c1cc(NC2CCOc3ccccc32)ccn1. The summed E-state index contributed by atoms with van der Waals surface area (Å²) < 4.78 is 10.3. The highest BCUT2D eigenvalue weighted by molar-refractivity contribution is 5.88. The van der Waals surface area contributed by atoms with Gasteiger partial charge in [0.05, 0.1) is 19.8 Å². The predicted molar refractivity (Wildman–Crippen MR) is 78.5 cm³/mol. The molecule has 1 atom stereocenters. The normalized spacial score (nSPS) is 16.5. The van der Waals surface area contributed by atoms with Gasteiger partial charge in [0, 0.05) is 23.9 Å². The molecule has 1 aromatic carbocycles. The lowest BCUT2D eigenvalue weighted by molar-refractivity contribution is 0.0594. The van der Waals surface area contributed by atoms with Crippen LogP contribution < -0.4 is 10.1 Å². The predicted octanol–water partition coefficient (Wildman–Crippen LogP) is 2.80. The Morgan fingerprint density at radius 2 is 2.24 bits per heavy atom. The number of carbonyl (C=O) groups excluding carboxylic acids is 1. The monoisotopic (exact) mass is 284 g/mol. The fourth-order valence-corrected chi connectivity index (χ4v) is 2.43. The van der Waals surface area contributed by atoms with Crippen molar-refractivity contribution in [1.29, 1.82) is 0 Å². The summed E-state index contributed by atoms with van der Waals surface area (Å²) in [6.07, 6.45) is 2.46. The molecule has 1 aliphatic rings. The van der Waals surface area contributed by atoms with E-state index in [9.17, 15) is 4.79 Å². The van der Waals surface area contributed by atoms with Crippen molar-refractivity contribution in [3.05, 3.63) is 53.9 Å². The van der Waals surface area contributed by atoms with Gasteiger partial charge in [-0.25, -0.2) is 9.78 Å². The van der Waals surface area contributed by atoms with E-state index >= 15 is 0 Å². The largest absolute Gasteiger partial charge is 0.493 e. The lowest BCUT2D eigenvalue weighted by Crippen LogP contribution is -2.20. The van der Waals surface area contributed by atoms with Crippen LogP contribution in [-0.4, -0.2) is 24.7 Å². The summed E-state index contributed by atoms with van der Waals surface area (Å²) in [4.78, 5) is 15.5. The molecule has 0 saturated carbocycles. The first-order valence-corrected chi connectivity index (χ1v) is 6.80. The molecule has 0 spiro atoms. The topological polar surface area (TPSA) is 60.5 Å². The van der Waals surface area contributed by atoms with E-state index in [4.69, 9.17) is 4.74 Å². The molecule has 5 nitrogen and oxygen atoms in total. The average molecular weight is 284 g/mol. The lowest BCUT2D eigenvalue weighted by Gasteiger charge is -2.27. The molecule has 1 aliphatic heterocycles. The highest BCUT2D eigenvalue weighted by Crippen LogP contribution is 2.33. The smallest absolute Gasteiger partial charge is 0.356 e. The van der Waals surface area contributed by atoms with Gasteiger partial charge in [-0.3, -0.25) is 0 Å². The number of carbonyl (C=O) groups is 1. The summed E-state index contributed by atoms with van der Waals surface area (Å²) in [5, 5.41) is 3.43. The molecule has 21 heavy (non-hydrogen) atoms. The molecule has 0 fully saturated rings. The van der Waals surface area contributed by atoms with Gasteiger partial charge in [0.1, 0.15) is 11.4 Å². The Morgan fingerprint density at radius 1 is 1.38 bits per heavy atom. The van der Waals surface area contributed by atoms with E-state index in [-0.39, 0.29) is 6.04 Å². The maximum Gasteiger partial charge on any atom is 0.356 e. The molecule has 1 N–H and O–H groups in total. The molecule has 0 amide bonds.